The molecule has 0 aliphatic carbocycles. The molecule has 0 atom stereocenters. The zero-order valence-corrected chi connectivity index (χ0v) is 12.7. The molecular weight excluding hydrogens is 312 g/mol. The third kappa shape index (κ3) is 4.22. The first-order valence-corrected chi connectivity index (χ1v) is 7.40. The summed E-state index contributed by atoms with van der Waals surface area (Å²) in [6.45, 7) is 0.510. The second-order valence-electron chi connectivity index (χ2n) is 5.07. The summed E-state index contributed by atoms with van der Waals surface area (Å²) >= 11 is 0. The zero-order chi connectivity index (χ0) is 16.8. The average Bonchev–Trinajstić information content (AvgIpc) is 2.59. The smallest absolute Gasteiger partial charge is 0.249 e. The van der Waals surface area contributed by atoms with Crippen molar-refractivity contribution in [3.63, 3.8) is 0 Å². The fourth-order valence-corrected chi connectivity index (χ4v) is 2.13. The summed E-state index contributed by atoms with van der Waals surface area (Å²) in [6.07, 6.45) is 2.01. The van der Waals surface area contributed by atoms with Gasteiger partial charge in [-0.2, -0.15) is 10.1 Å². The molecule has 0 fully saturated rings. The molecule has 0 spiro atoms. The molecule has 1 heterocycles. The summed E-state index contributed by atoms with van der Waals surface area (Å²) in [5, 5.41) is 13.7. The molecule has 3 aromatic rings. The van der Waals surface area contributed by atoms with Gasteiger partial charge in [-0.1, -0.05) is 18.2 Å². The number of hydrogen-bond donors (Lipinski definition) is 2. The number of benzene rings is 2. The molecule has 0 bridgehead atoms. The maximum atomic E-state index is 13.5. The van der Waals surface area contributed by atoms with Crippen LogP contribution in [0.3, 0.4) is 0 Å². The van der Waals surface area contributed by atoms with Crippen LogP contribution in [0.1, 0.15) is 5.56 Å². The summed E-state index contributed by atoms with van der Waals surface area (Å²) in [6, 6.07) is 12.5. The summed E-state index contributed by atoms with van der Waals surface area (Å²) in [5.41, 5.74) is 1.29. The van der Waals surface area contributed by atoms with Gasteiger partial charge in [0, 0.05) is 12.2 Å². The summed E-state index contributed by atoms with van der Waals surface area (Å²) < 4.78 is 26.4. The highest BCUT2D eigenvalue weighted by Crippen LogP contribution is 2.14. The lowest BCUT2D eigenvalue weighted by Gasteiger charge is -2.08. The minimum atomic E-state index is -0.317. The fraction of sp³-hybridized carbons (Fsp3) is 0.118. The number of anilines is 3. The first kappa shape index (κ1) is 15.8. The second kappa shape index (κ2) is 7.45. The Bertz CT molecular complexity index is 808. The van der Waals surface area contributed by atoms with E-state index in [0.29, 0.717) is 30.0 Å². The number of nitrogens with zero attached hydrogens (tertiary/aromatic N) is 3. The molecule has 0 saturated carbocycles. The van der Waals surface area contributed by atoms with Crippen LogP contribution in [0, 0.1) is 11.6 Å². The van der Waals surface area contributed by atoms with Crippen LogP contribution in [0.15, 0.2) is 54.7 Å². The van der Waals surface area contributed by atoms with Crippen molar-refractivity contribution >= 4 is 17.5 Å². The van der Waals surface area contributed by atoms with Gasteiger partial charge in [-0.25, -0.2) is 8.78 Å². The molecular formula is C17H15F2N5. The van der Waals surface area contributed by atoms with Crippen LogP contribution in [-0.4, -0.2) is 21.7 Å². The lowest BCUT2D eigenvalue weighted by molar-refractivity contribution is 0.610. The summed E-state index contributed by atoms with van der Waals surface area (Å²) in [5.74, 6) is 0.269. The van der Waals surface area contributed by atoms with E-state index in [-0.39, 0.29) is 17.6 Å². The van der Waals surface area contributed by atoms with E-state index in [9.17, 15) is 8.78 Å². The van der Waals surface area contributed by atoms with E-state index in [2.05, 4.69) is 25.8 Å². The zero-order valence-electron chi connectivity index (χ0n) is 12.7. The monoisotopic (exact) mass is 327 g/mol. The van der Waals surface area contributed by atoms with Crippen LogP contribution in [0.2, 0.25) is 0 Å². The van der Waals surface area contributed by atoms with Crippen molar-refractivity contribution < 1.29 is 8.78 Å². The number of aromatic nitrogens is 3. The van der Waals surface area contributed by atoms with Crippen LogP contribution in [-0.2, 0) is 6.42 Å². The Balaban J connectivity index is 1.59. The molecule has 3 rings (SSSR count). The largest absolute Gasteiger partial charge is 0.368 e. The highest BCUT2D eigenvalue weighted by atomic mass is 19.1. The highest BCUT2D eigenvalue weighted by Gasteiger charge is 2.03. The Morgan fingerprint density at radius 2 is 1.75 bits per heavy atom. The third-order valence-corrected chi connectivity index (χ3v) is 3.32. The van der Waals surface area contributed by atoms with Crippen molar-refractivity contribution in [2.75, 3.05) is 17.2 Å². The molecule has 122 valence electrons. The maximum absolute atomic E-state index is 13.5. The molecule has 24 heavy (non-hydrogen) atoms. The Kier molecular flexibility index (Phi) is 4.90. The maximum Gasteiger partial charge on any atom is 0.249 e. The van der Waals surface area contributed by atoms with Gasteiger partial charge < -0.3 is 10.6 Å². The SMILES string of the molecule is Fc1ccc(Nc2nncc(NCCc3ccccc3F)n2)cc1. The van der Waals surface area contributed by atoms with Crippen molar-refractivity contribution in [1.29, 1.82) is 0 Å². The van der Waals surface area contributed by atoms with Gasteiger partial charge in [0.1, 0.15) is 11.6 Å². The van der Waals surface area contributed by atoms with Gasteiger partial charge in [-0.15, -0.1) is 5.10 Å². The number of nitrogens with one attached hydrogen (secondary N) is 2. The van der Waals surface area contributed by atoms with Gasteiger partial charge in [-0.05, 0) is 42.3 Å². The predicted molar refractivity (Wildman–Crippen MR) is 88.1 cm³/mol. The molecule has 2 N–H and O–H groups in total. The van der Waals surface area contributed by atoms with E-state index >= 15 is 0 Å². The minimum absolute atomic E-state index is 0.223. The second-order valence-corrected chi connectivity index (χ2v) is 5.07. The quantitative estimate of drug-likeness (QED) is 0.725. The fourth-order valence-electron chi connectivity index (χ4n) is 2.13. The molecule has 2 aromatic carbocycles. The molecule has 0 unspecified atom stereocenters. The van der Waals surface area contributed by atoms with E-state index in [1.54, 1.807) is 30.3 Å². The van der Waals surface area contributed by atoms with E-state index < -0.39 is 0 Å². The lowest BCUT2D eigenvalue weighted by Crippen LogP contribution is -2.09. The van der Waals surface area contributed by atoms with Crippen molar-refractivity contribution in [1.82, 2.24) is 15.2 Å². The van der Waals surface area contributed by atoms with Crippen LogP contribution in [0.4, 0.5) is 26.2 Å². The van der Waals surface area contributed by atoms with E-state index in [1.807, 2.05) is 0 Å². The van der Waals surface area contributed by atoms with E-state index in [0.717, 1.165) is 0 Å². The van der Waals surface area contributed by atoms with Gasteiger partial charge in [0.05, 0.1) is 6.20 Å². The van der Waals surface area contributed by atoms with Crippen molar-refractivity contribution in [2.45, 2.75) is 6.42 Å². The Morgan fingerprint density at radius 3 is 2.54 bits per heavy atom. The molecule has 5 nitrogen and oxygen atoms in total. The average molecular weight is 327 g/mol. The number of rotatable bonds is 6. The van der Waals surface area contributed by atoms with Crippen LogP contribution < -0.4 is 10.6 Å². The highest BCUT2D eigenvalue weighted by molar-refractivity contribution is 5.53. The molecule has 7 heteroatoms. The van der Waals surface area contributed by atoms with Crippen LogP contribution in [0.25, 0.3) is 0 Å². The lowest BCUT2D eigenvalue weighted by atomic mass is 10.1. The summed E-state index contributed by atoms with van der Waals surface area (Å²) in [7, 11) is 0. The van der Waals surface area contributed by atoms with Gasteiger partial charge in [0.25, 0.3) is 0 Å². The van der Waals surface area contributed by atoms with E-state index in [1.165, 1.54) is 24.4 Å². The van der Waals surface area contributed by atoms with Crippen LogP contribution in [0.5, 0.6) is 0 Å². The molecule has 0 aliphatic rings. The number of hydrogen-bond acceptors (Lipinski definition) is 5. The third-order valence-electron chi connectivity index (χ3n) is 3.32. The topological polar surface area (TPSA) is 62.7 Å². The standard InChI is InChI=1S/C17H15F2N5/c18-13-5-7-14(8-6-13)22-17-23-16(11-21-24-17)20-10-9-12-3-1-2-4-15(12)19/h1-8,11H,9-10H2,(H2,20,22,23,24). The molecule has 1 aromatic heterocycles. The van der Waals surface area contributed by atoms with Gasteiger partial charge in [-0.3, -0.25) is 0 Å². The normalized spacial score (nSPS) is 10.4. The Hall–Kier alpha value is -3.09. The predicted octanol–water partition coefficient (Wildman–Crippen LogP) is 3.55. The van der Waals surface area contributed by atoms with Crippen molar-refractivity contribution in [2.24, 2.45) is 0 Å². The Labute approximate surface area is 137 Å². The molecule has 0 aliphatic heterocycles. The molecule has 0 amide bonds. The number of halogens is 2. The van der Waals surface area contributed by atoms with Gasteiger partial charge in [0.15, 0.2) is 5.82 Å². The first-order chi connectivity index (χ1) is 11.7. The van der Waals surface area contributed by atoms with Crippen molar-refractivity contribution in [3.8, 4) is 0 Å². The Morgan fingerprint density at radius 1 is 0.958 bits per heavy atom. The van der Waals surface area contributed by atoms with Gasteiger partial charge in [0.2, 0.25) is 5.95 Å². The molecule has 0 saturated heterocycles. The van der Waals surface area contributed by atoms with E-state index in [4.69, 9.17) is 0 Å². The summed E-state index contributed by atoms with van der Waals surface area (Å²) in [4.78, 5) is 4.26. The first-order valence-electron chi connectivity index (χ1n) is 7.40. The molecule has 0 radical (unpaired) electrons. The van der Waals surface area contributed by atoms with Crippen molar-refractivity contribution in [3.05, 3.63) is 71.9 Å². The van der Waals surface area contributed by atoms with Gasteiger partial charge >= 0.3 is 0 Å². The minimum Gasteiger partial charge on any atom is -0.368 e. The van der Waals surface area contributed by atoms with Crippen LogP contribution >= 0.6 is 0 Å².